The number of hydrogen-bond donors (Lipinski definition) is 1. The normalized spacial score (nSPS) is 10.7. The van der Waals surface area contributed by atoms with Gasteiger partial charge in [-0.2, -0.15) is 4.98 Å². The molecule has 0 radical (unpaired) electrons. The first-order valence-electron chi connectivity index (χ1n) is 5.35. The standard InChI is InChI=1S/C13H8BrN3O/c14-8-4-5-10-9(7-8)12(17-13(18)16-10)11-3-1-2-6-15-11/h1-7H,(H,16,17,18). The molecule has 0 fully saturated rings. The molecule has 1 N–H and O–H groups in total. The van der Waals surface area contributed by atoms with Crippen molar-refractivity contribution in [2.45, 2.75) is 0 Å². The lowest BCUT2D eigenvalue weighted by Gasteiger charge is -2.04. The number of hydrogen-bond acceptors (Lipinski definition) is 3. The van der Waals surface area contributed by atoms with E-state index in [2.05, 4.69) is 30.9 Å². The van der Waals surface area contributed by atoms with Gasteiger partial charge in [-0.15, -0.1) is 0 Å². The van der Waals surface area contributed by atoms with Crippen molar-refractivity contribution >= 4 is 26.8 Å². The maximum Gasteiger partial charge on any atom is 0.346 e. The second-order valence-electron chi connectivity index (χ2n) is 3.80. The minimum atomic E-state index is -0.370. The Balaban J connectivity index is 2.41. The monoisotopic (exact) mass is 301 g/mol. The van der Waals surface area contributed by atoms with Crippen molar-refractivity contribution in [3.05, 3.63) is 57.6 Å². The summed E-state index contributed by atoms with van der Waals surface area (Å²) in [6.07, 6.45) is 1.68. The fourth-order valence-corrected chi connectivity index (χ4v) is 2.19. The highest BCUT2D eigenvalue weighted by atomic mass is 79.9. The molecule has 88 valence electrons. The largest absolute Gasteiger partial charge is 0.346 e. The topological polar surface area (TPSA) is 58.6 Å². The van der Waals surface area contributed by atoms with E-state index in [1.165, 1.54) is 0 Å². The summed E-state index contributed by atoms with van der Waals surface area (Å²) >= 11 is 3.42. The molecule has 0 atom stereocenters. The second-order valence-corrected chi connectivity index (χ2v) is 4.71. The molecule has 3 aromatic rings. The summed E-state index contributed by atoms with van der Waals surface area (Å²) < 4.78 is 0.932. The molecule has 2 heterocycles. The quantitative estimate of drug-likeness (QED) is 0.752. The lowest BCUT2D eigenvalue weighted by molar-refractivity contribution is 1.11. The van der Waals surface area contributed by atoms with Gasteiger partial charge in [-0.1, -0.05) is 22.0 Å². The minimum absolute atomic E-state index is 0.370. The third-order valence-corrected chi connectivity index (χ3v) is 3.09. The molecule has 5 heteroatoms. The van der Waals surface area contributed by atoms with E-state index in [0.29, 0.717) is 11.4 Å². The molecule has 0 amide bonds. The van der Waals surface area contributed by atoms with Crippen LogP contribution < -0.4 is 5.69 Å². The highest BCUT2D eigenvalue weighted by Crippen LogP contribution is 2.25. The first-order valence-corrected chi connectivity index (χ1v) is 6.14. The molecule has 0 aliphatic carbocycles. The summed E-state index contributed by atoms with van der Waals surface area (Å²) in [5.74, 6) is 0. The molecule has 18 heavy (non-hydrogen) atoms. The van der Waals surface area contributed by atoms with E-state index >= 15 is 0 Å². The van der Waals surface area contributed by atoms with Crippen LogP contribution in [0.15, 0.2) is 51.9 Å². The number of pyridine rings is 1. The third-order valence-electron chi connectivity index (χ3n) is 2.60. The van der Waals surface area contributed by atoms with E-state index in [1.807, 2.05) is 36.4 Å². The minimum Gasteiger partial charge on any atom is -0.305 e. The van der Waals surface area contributed by atoms with E-state index in [-0.39, 0.29) is 5.69 Å². The van der Waals surface area contributed by atoms with Crippen molar-refractivity contribution in [2.24, 2.45) is 0 Å². The Morgan fingerprint density at radius 1 is 1.17 bits per heavy atom. The SMILES string of the molecule is O=c1nc(-c2ccccn2)c2cc(Br)ccc2[nH]1. The summed E-state index contributed by atoms with van der Waals surface area (Å²) in [4.78, 5) is 22.5. The highest BCUT2D eigenvalue weighted by Gasteiger charge is 2.08. The molecule has 0 unspecified atom stereocenters. The Bertz CT molecular complexity index is 768. The lowest BCUT2D eigenvalue weighted by atomic mass is 10.1. The predicted molar refractivity (Wildman–Crippen MR) is 73.3 cm³/mol. The highest BCUT2D eigenvalue weighted by molar-refractivity contribution is 9.10. The summed E-state index contributed by atoms with van der Waals surface area (Å²) in [7, 11) is 0. The number of halogens is 1. The van der Waals surface area contributed by atoms with Gasteiger partial charge in [-0.25, -0.2) is 4.79 Å². The van der Waals surface area contributed by atoms with Crippen LogP contribution in [0, 0.1) is 0 Å². The Hall–Kier alpha value is -2.01. The van der Waals surface area contributed by atoms with E-state index < -0.39 is 0 Å². The van der Waals surface area contributed by atoms with Crippen LogP contribution in [0.5, 0.6) is 0 Å². The Morgan fingerprint density at radius 3 is 2.83 bits per heavy atom. The molecule has 0 aliphatic heterocycles. The maximum atomic E-state index is 11.6. The molecule has 1 aromatic carbocycles. The van der Waals surface area contributed by atoms with Crippen LogP contribution in [0.2, 0.25) is 0 Å². The van der Waals surface area contributed by atoms with E-state index in [9.17, 15) is 4.79 Å². The van der Waals surface area contributed by atoms with Gasteiger partial charge < -0.3 is 4.98 Å². The summed E-state index contributed by atoms with van der Waals surface area (Å²) in [5.41, 5.74) is 1.66. The zero-order valence-corrected chi connectivity index (χ0v) is 10.8. The van der Waals surface area contributed by atoms with Crippen molar-refractivity contribution in [3.8, 4) is 11.4 Å². The third kappa shape index (κ3) is 1.93. The number of fused-ring (bicyclic) bond motifs is 1. The first-order chi connectivity index (χ1) is 8.74. The van der Waals surface area contributed by atoms with Crippen LogP contribution in [0.4, 0.5) is 0 Å². The lowest BCUT2D eigenvalue weighted by Crippen LogP contribution is -2.11. The predicted octanol–water partition coefficient (Wildman–Crippen LogP) is 2.75. The maximum absolute atomic E-state index is 11.6. The Morgan fingerprint density at radius 2 is 2.06 bits per heavy atom. The van der Waals surface area contributed by atoms with E-state index in [1.54, 1.807) is 6.20 Å². The number of H-pyrrole nitrogens is 1. The van der Waals surface area contributed by atoms with Gasteiger partial charge in [0.15, 0.2) is 0 Å². The number of benzene rings is 1. The van der Waals surface area contributed by atoms with Crippen molar-refractivity contribution < 1.29 is 0 Å². The Labute approximate surface area is 111 Å². The Kier molecular flexibility index (Phi) is 2.68. The zero-order chi connectivity index (χ0) is 12.5. The van der Waals surface area contributed by atoms with Gasteiger partial charge in [-0.05, 0) is 30.3 Å². The van der Waals surface area contributed by atoms with Gasteiger partial charge in [0.1, 0.15) is 5.69 Å². The van der Waals surface area contributed by atoms with Crippen molar-refractivity contribution in [2.75, 3.05) is 0 Å². The van der Waals surface area contributed by atoms with Gasteiger partial charge in [0, 0.05) is 16.1 Å². The first kappa shape index (κ1) is 11.1. The molecule has 0 saturated carbocycles. The van der Waals surface area contributed by atoms with Crippen LogP contribution in [-0.2, 0) is 0 Å². The van der Waals surface area contributed by atoms with Crippen LogP contribution in [-0.4, -0.2) is 15.0 Å². The van der Waals surface area contributed by atoms with Crippen LogP contribution in [0.1, 0.15) is 0 Å². The average Bonchev–Trinajstić information content (AvgIpc) is 2.39. The molecule has 0 spiro atoms. The van der Waals surface area contributed by atoms with Crippen LogP contribution in [0.3, 0.4) is 0 Å². The number of aromatic nitrogens is 3. The molecular weight excluding hydrogens is 294 g/mol. The zero-order valence-electron chi connectivity index (χ0n) is 9.22. The van der Waals surface area contributed by atoms with Crippen LogP contribution in [0.25, 0.3) is 22.3 Å². The molecule has 2 aromatic heterocycles. The number of nitrogens with one attached hydrogen (secondary N) is 1. The van der Waals surface area contributed by atoms with Gasteiger partial charge >= 0.3 is 5.69 Å². The molecule has 0 saturated heterocycles. The smallest absolute Gasteiger partial charge is 0.305 e. The molecule has 3 rings (SSSR count). The van der Waals surface area contributed by atoms with Gasteiger partial charge in [-0.3, -0.25) is 4.98 Å². The second kappa shape index (κ2) is 4.34. The molecular formula is C13H8BrN3O. The van der Waals surface area contributed by atoms with Gasteiger partial charge in [0.2, 0.25) is 0 Å². The fraction of sp³-hybridized carbons (Fsp3) is 0. The van der Waals surface area contributed by atoms with Crippen molar-refractivity contribution in [1.29, 1.82) is 0 Å². The van der Waals surface area contributed by atoms with E-state index in [4.69, 9.17) is 0 Å². The van der Waals surface area contributed by atoms with Gasteiger partial charge in [0.05, 0.1) is 11.2 Å². The van der Waals surface area contributed by atoms with Gasteiger partial charge in [0.25, 0.3) is 0 Å². The molecule has 0 aliphatic rings. The summed E-state index contributed by atoms with van der Waals surface area (Å²) in [6, 6.07) is 11.2. The molecule has 4 nitrogen and oxygen atoms in total. The number of nitrogens with zero attached hydrogens (tertiary/aromatic N) is 2. The van der Waals surface area contributed by atoms with Crippen molar-refractivity contribution in [3.63, 3.8) is 0 Å². The van der Waals surface area contributed by atoms with E-state index in [0.717, 1.165) is 15.4 Å². The van der Waals surface area contributed by atoms with Crippen molar-refractivity contribution in [1.82, 2.24) is 15.0 Å². The fourth-order valence-electron chi connectivity index (χ4n) is 1.82. The average molecular weight is 302 g/mol. The van der Waals surface area contributed by atoms with Crippen LogP contribution >= 0.6 is 15.9 Å². The number of aromatic amines is 1. The summed E-state index contributed by atoms with van der Waals surface area (Å²) in [5, 5.41) is 0.864. The number of rotatable bonds is 1. The molecule has 0 bridgehead atoms. The summed E-state index contributed by atoms with van der Waals surface area (Å²) in [6.45, 7) is 0.